The number of pyridine rings is 1. The number of aryl methyl sites for hydroxylation is 2. The summed E-state index contributed by atoms with van der Waals surface area (Å²) in [7, 11) is 1.86. The van der Waals surface area contributed by atoms with E-state index >= 15 is 0 Å². The number of hydrogen-bond acceptors (Lipinski definition) is 2. The number of aliphatic hydroxyl groups is 1. The Bertz CT molecular complexity index is 525. The van der Waals surface area contributed by atoms with Crippen LogP contribution >= 0.6 is 0 Å². The molecule has 0 radical (unpaired) electrons. The first kappa shape index (κ1) is 9.98. The van der Waals surface area contributed by atoms with Crippen LogP contribution in [0, 0.1) is 0 Å². The third kappa shape index (κ3) is 1.68. The van der Waals surface area contributed by atoms with Crippen molar-refractivity contribution in [1.29, 1.82) is 0 Å². The van der Waals surface area contributed by atoms with Gasteiger partial charge in [0.1, 0.15) is 5.52 Å². The fourth-order valence-corrected chi connectivity index (χ4v) is 1.75. The Kier molecular flexibility index (Phi) is 2.60. The zero-order valence-electron chi connectivity index (χ0n) is 8.68. The summed E-state index contributed by atoms with van der Waals surface area (Å²) in [6, 6.07) is 3.85. The molecule has 2 aromatic rings. The molecule has 4 nitrogen and oxygen atoms in total. The van der Waals surface area contributed by atoms with Gasteiger partial charge in [0.15, 0.2) is 0 Å². The van der Waals surface area contributed by atoms with Crippen LogP contribution in [0.1, 0.15) is 6.42 Å². The lowest BCUT2D eigenvalue weighted by Gasteiger charge is -2.04. The Labute approximate surface area is 87.4 Å². The van der Waals surface area contributed by atoms with Crippen LogP contribution in [0.5, 0.6) is 0 Å². The second-order valence-corrected chi connectivity index (χ2v) is 3.62. The lowest BCUT2D eigenvalue weighted by molar-refractivity contribution is 0.279. The van der Waals surface area contributed by atoms with Crippen LogP contribution in [0.4, 0.5) is 0 Å². The highest BCUT2D eigenvalue weighted by atomic mass is 16.3. The van der Waals surface area contributed by atoms with Gasteiger partial charge >= 0.3 is 0 Å². The summed E-state index contributed by atoms with van der Waals surface area (Å²) in [6.07, 6.45) is 4.26. The van der Waals surface area contributed by atoms with Crippen LogP contribution in [-0.2, 0) is 13.6 Å². The van der Waals surface area contributed by atoms with Crippen LogP contribution in [0.25, 0.3) is 10.9 Å². The summed E-state index contributed by atoms with van der Waals surface area (Å²) in [5.41, 5.74) is 0.726. The number of nitrogens with zero attached hydrogens (tertiary/aromatic N) is 2. The molecule has 0 spiro atoms. The van der Waals surface area contributed by atoms with Gasteiger partial charge in [-0.1, -0.05) is 0 Å². The van der Waals surface area contributed by atoms with Crippen molar-refractivity contribution in [3.05, 3.63) is 34.9 Å². The van der Waals surface area contributed by atoms with Gasteiger partial charge in [0, 0.05) is 38.0 Å². The SMILES string of the molecule is Cn1ccc2ccn(CCCO)c(=O)c21. The minimum absolute atomic E-state index is 0.00782. The van der Waals surface area contributed by atoms with Crippen LogP contribution in [0.3, 0.4) is 0 Å². The van der Waals surface area contributed by atoms with Crippen molar-refractivity contribution < 1.29 is 5.11 Å². The number of aromatic nitrogens is 2. The largest absolute Gasteiger partial charge is 0.396 e. The van der Waals surface area contributed by atoms with Gasteiger partial charge in [0.05, 0.1) is 0 Å². The third-order valence-electron chi connectivity index (χ3n) is 2.56. The molecule has 0 aromatic carbocycles. The van der Waals surface area contributed by atoms with E-state index in [1.165, 1.54) is 0 Å². The Morgan fingerprint density at radius 1 is 1.33 bits per heavy atom. The highest BCUT2D eigenvalue weighted by molar-refractivity contribution is 5.78. The lowest BCUT2D eigenvalue weighted by Crippen LogP contribution is -2.21. The van der Waals surface area contributed by atoms with Gasteiger partial charge in [-0.2, -0.15) is 0 Å². The summed E-state index contributed by atoms with van der Waals surface area (Å²) < 4.78 is 3.46. The third-order valence-corrected chi connectivity index (χ3v) is 2.56. The smallest absolute Gasteiger partial charge is 0.275 e. The number of rotatable bonds is 3. The maximum Gasteiger partial charge on any atom is 0.275 e. The van der Waals surface area contributed by atoms with Crippen LogP contribution in [0.2, 0.25) is 0 Å². The topological polar surface area (TPSA) is 47.2 Å². The molecular formula is C11H14N2O2. The lowest BCUT2D eigenvalue weighted by atomic mass is 10.3. The van der Waals surface area contributed by atoms with E-state index in [0.717, 1.165) is 10.9 Å². The highest BCUT2D eigenvalue weighted by Gasteiger charge is 2.05. The molecule has 1 N–H and O–H groups in total. The van der Waals surface area contributed by atoms with Gasteiger partial charge in [0.2, 0.25) is 0 Å². The standard InChI is InChI=1S/C11H14N2O2/c1-12-6-3-9-4-7-13(5-2-8-14)11(15)10(9)12/h3-4,6-7,14H,2,5,8H2,1H3. The molecule has 2 heterocycles. The molecule has 2 rings (SSSR count). The number of aliphatic hydroxyl groups excluding tert-OH is 1. The van der Waals surface area contributed by atoms with Crippen molar-refractivity contribution in [1.82, 2.24) is 9.13 Å². The molecule has 80 valence electrons. The minimum atomic E-state index is 0.00782. The summed E-state index contributed by atoms with van der Waals surface area (Å²) in [6.45, 7) is 0.675. The van der Waals surface area contributed by atoms with Crippen molar-refractivity contribution in [2.75, 3.05) is 6.61 Å². The second-order valence-electron chi connectivity index (χ2n) is 3.62. The molecule has 0 unspecified atom stereocenters. The van der Waals surface area contributed by atoms with E-state index in [9.17, 15) is 4.79 Å². The molecule has 0 fully saturated rings. The summed E-state index contributed by atoms with van der Waals surface area (Å²) >= 11 is 0. The van der Waals surface area contributed by atoms with E-state index in [1.54, 1.807) is 10.8 Å². The summed E-state index contributed by atoms with van der Waals surface area (Å²) in [4.78, 5) is 12.0. The highest BCUT2D eigenvalue weighted by Crippen LogP contribution is 2.09. The van der Waals surface area contributed by atoms with Crippen LogP contribution in [-0.4, -0.2) is 20.8 Å². The molecule has 0 aliphatic rings. The van der Waals surface area contributed by atoms with Gasteiger partial charge < -0.3 is 14.2 Å². The zero-order chi connectivity index (χ0) is 10.8. The van der Waals surface area contributed by atoms with Crippen molar-refractivity contribution in [3.63, 3.8) is 0 Å². The molecule has 15 heavy (non-hydrogen) atoms. The average Bonchev–Trinajstić information content (AvgIpc) is 2.60. The Morgan fingerprint density at radius 3 is 2.80 bits per heavy atom. The maximum atomic E-state index is 12.0. The van der Waals surface area contributed by atoms with E-state index in [1.807, 2.05) is 29.9 Å². The molecule has 0 saturated heterocycles. The first-order valence-corrected chi connectivity index (χ1v) is 4.99. The maximum absolute atomic E-state index is 12.0. The normalized spacial score (nSPS) is 11.1. The van der Waals surface area contributed by atoms with Crippen molar-refractivity contribution in [3.8, 4) is 0 Å². The van der Waals surface area contributed by atoms with E-state index in [4.69, 9.17) is 5.11 Å². The predicted octanol–water partition coefficient (Wildman–Crippen LogP) is 0.722. The van der Waals surface area contributed by atoms with E-state index in [-0.39, 0.29) is 12.2 Å². The van der Waals surface area contributed by atoms with E-state index in [0.29, 0.717) is 13.0 Å². The molecule has 2 aromatic heterocycles. The summed E-state index contributed by atoms with van der Waals surface area (Å²) in [5, 5.41) is 9.69. The van der Waals surface area contributed by atoms with Gasteiger partial charge in [0.25, 0.3) is 5.56 Å². The van der Waals surface area contributed by atoms with Gasteiger partial charge in [-0.3, -0.25) is 4.79 Å². The minimum Gasteiger partial charge on any atom is -0.396 e. The van der Waals surface area contributed by atoms with Crippen LogP contribution in [0.15, 0.2) is 29.3 Å². The molecule has 0 bridgehead atoms. The quantitative estimate of drug-likeness (QED) is 0.804. The molecule has 0 aliphatic heterocycles. The molecule has 0 aliphatic carbocycles. The van der Waals surface area contributed by atoms with Gasteiger partial charge in [-0.25, -0.2) is 0 Å². The number of fused-ring (bicyclic) bond motifs is 1. The zero-order valence-corrected chi connectivity index (χ0v) is 8.68. The Morgan fingerprint density at radius 2 is 2.07 bits per heavy atom. The van der Waals surface area contributed by atoms with Crippen molar-refractivity contribution in [2.45, 2.75) is 13.0 Å². The van der Waals surface area contributed by atoms with Crippen molar-refractivity contribution in [2.24, 2.45) is 7.05 Å². The van der Waals surface area contributed by atoms with Crippen LogP contribution < -0.4 is 5.56 Å². The molecule has 0 amide bonds. The fraction of sp³-hybridized carbons (Fsp3) is 0.364. The van der Waals surface area contributed by atoms with Gasteiger partial charge in [-0.15, -0.1) is 0 Å². The molecule has 4 heteroatoms. The first-order chi connectivity index (χ1) is 7.24. The monoisotopic (exact) mass is 206 g/mol. The second kappa shape index (κ2) is 3.90. The molecule has 0 atom stereocenters. The van der Waals surface area contributed by atoms with E-state index in [2.05, 4.69) is 0 Å². The number of hydrogen-bond donors (Lipinski definition) is 1. The first-order valence-electron chi connectivity index (χ1n) is 4.99. The predicted molar refractivity (Wildman–Crippen MR) is 58.9 cm³/mol. The summed E-state index contributed by atoms with van der Waals surface area (Å²) in [5.74, 6) is 0. The fourth-order valence-electron chi connectivity index (χ4n) is 1.75. The molecular weight excluding hydrogens is 192 g/mol. The van der Waals surface area contributed by atoms with Gasteiger partial charge in [-0.05, 0) is 18.6 Å². The molecule has 0 saturated carbocycles. The van der Waals surface area contributed by atoms with Crippen molar-refractivity contribution >= 4 is 10.9 Å². The Hall–Kier alpha value is -1.55. The average molecular weight is 206 g/mol. The van der Waals surface area contributed by atoms with E-state index < -0.39 is 0 Å². The Balaban J connectivity index is 2.54.